The van der Waals surface area contributed by atoms with Gasteiger partial charge in [-0.2, -0.15) is 5.10 Å². The Hall–Kier alpha value is -3.58. The smallest absolute Gasteiger partial charge is 0.224 e. The van der Waals surface area contributed by atoms with Crippen molar-refractivity contribution in [2.24, 2.45) is 0 Å². The molecule has 1 atom stereocenters. The van der Waals surface area contributed by atoms with Gasteiger partial charge in [-0.3, -0.25) is 9.89 Å². The van der Waals surface area contributed by atoms with E-state index in [1.165, 1.54) is 0 Å². The fraction of sp³-hybridized carbons (Fsp3) is 0.194. The van der Waals surface area contributed by atoms with Crippen LogP contribution in [-0.2, 0) is 11.2 Å². The minimum Gasteiger partial charge on any atom is -0.471 e. The summed E-state index contributed by atoms with van der Waals surface area (Å²) in [5.74, 6) is 0.359. The summed E-state index contributed by atoms with van der Waals surface area (Å²) >= 11 is 19.0. The number of amides is 1. The number of nitrogens with zero attached hydrogens (tertiary/aromatic N) is 2. The number of carbonyl (C=O) groups excluding carboxylic acids is 1. The van der Waals surface area contributed by atoms with Gasteiger partial charge in [-0.1, -0.05) is 59.1 Å². The topological polar surface area (TPSA) is 79.9 Å². The number of rotatable bonds is 5. The predicted octanol–water partition coefficient (Wildman–Crippen LogP) is 8.21. The Morgan fingerprint density at radius 3 is 2.58 bits per heavy atom. The van der Waals surface area contributed by atoms with Gasteiger partial charge in [0.25, 0.3) is 0 Å². The van der Waals surface area contributed by atoms with E-state index in [0.29, 0.717) is 33.1 Å². The molecule has 3 aromatic carbocycles. The van der Waals surface area contributed by atoms with E-state index in [1.807, 2.05) is 68.4 Å². The maximum atomic E-state index is 13.4. The highest BCUT2D eigenvalue weighted by atomic mass is 35.5. The third-order valence-electron chi connectivity index (χ3n) is 7.06. The van der Waals surface area contributed by atoms with Crippen LogP contribution >= 0.6 is 34.8 Å². The maximum Gasteiger partial charge on any atom is 0.224 e. The lowest BCUT2D eigenvalue weighted by Gasteiger charge is -2.37. The summed E-state index contributed by atoms with van der Waals surface area (Å²) in [6.45, 7) is 3.98. The van der Waals surface area contributed by atoms with E-state index in [9.17, 15) is 4.79 Å². The number of pyridine rings is 1. The zero-order valence-corrected chi connectivity index (χ0v) is 24.0. The molecule has 2 N–H and O–H groups in total. The standard InChI is InChI=1S/C31H25Cl3N4O2/c1-31(2)15-27(36-28(39)12-18-4-3-5-26-24(18)16-35-38-26)23-14-22(17-6-8-19(32)9-7-17)29(37-30(23)40-31)21-11-10-20(33)13-25(21)34/h3-11,13-14,16,27H,12,15H2,1-2H3,(H,35,38)(H,36,39)/t27-/m1/s1. The molecular weight excluding hydrogens is 567 g/mol. The molecule has 3 heterocycles. The Balaban J connectivity index is 1.43. The molecule has 5 aromatic rings. The third-order valence-corrected chi connectivity index (χ3v) is 7.86. The largest absolute Gasteiger partial charge is 0.471 e. The lowest BCUT2D eigenvalue weighted by molar-refractivity contribution is -0.121. The fourth-order valence-electron chi connectivity index (χ4n) is 5.22. The van der Waals surface area contributed by atoms with Crippen LogP contribution in [0.5, 0.6) is 5.88 Å². The molecule has 0 saturated carbocycles. The second kappa shape index (κ2) is 10.4. The van der Waals surface area contributed by atoms with E-state index in [1.54, 1.807) is 18.3 Å². The van der Waals surface area contributed by atoms with Gasteiger partial charge in [0.2, 0.25) is 11.8 Å². The molecule has 6 nitrogen and oxygen atoms in total. The van der Waals surface area contributed by atoms with Crippen molar-refractivity contribution in [3.8, 4) is 28.3 Å². The number of carbonyl (C=O) groups is 1. The van der Waals surface area contributed by atoms with Crippen LogP contribution in [0.2, 0.25) is 15.1 Å². The molecule has 0 aliphatic carbocycles. The Morgan fingerprint density at radius 2 is 1.80 bits per heavy atom. The normalized spacial score (nSPS) is 15.9. The van der Waals surface area contributed by atoms with Crippen molar-refractivity contribution in [2.75, 3.05) is 0 Å². The van der Waals surface area contributed by atoms with Crippen molar-refractivity contribution in [1.82, 2.24) is 20.5 Å². The molecule has 0 radical (unpaired) electrons. The van der Waals surface area contributed by atoms with Crippen LogP contribution in [0.1, 0.15) is 37.4 Å². The van der Waals surface area contributed by atoms with Gasteiger partial charge in [-0.05, 0) is 67.4 Å². The summed E-state index contributed by atoms with van der Waals surface area (Å²) in [7, 11) is 0. The van der Waals surface area contributed by atoms with Gasteiger partial charge in [0.1, 0.15) is 5.60 Å². The van der Waals surface area contributed by atoms with Crippen molar-refractivity contribution >= 4 is 51.6 Å². The average molecular weight is 592 g/mol. The van der Waals surface area contributed by atoms with E-state index in [4.69, 9.17) is 44.5 Å². The predicted molar refractivity (Wildman–Crippen MR) is 160 cm³/mol. The second-order valence-corrected chi connectivity index (χ2v) is 11.8. The van der Waals surface area contributed by atoms with E-state index >= 15 is 0 Å². The molecule has 1 amide bonds. The van der Waals surface area contributed by atoms with Gasteiger partial charge in [-0.25, -0.2) is 4.98 Å². The Bertz CT molecular complexity index is 1750. The Morgan fingerprint density at radius 1 is 1.02 bits per heavy atom. The SMILES string of the molecule is CC1(C)C[C@@H](NC(=O)Cc2cccc3[nH]ncc23)c2cc(-c3ccc(Cl)cc3)c(-c3ccc(Cl)cc3Cl)nc2O1. The summed E-state index contributed by atoms with van der Waals surface area (Å²) in [4.78, 5) is 18.4. The summed E-state index contributed by atoms with van der Waals surface area (Å²) in [6.07, 6.45) is 2.54. The Kier molecular flexibility index (Phi) is 6.95. The number of hydrogen-bond donors (Lipinski definition) is 2. The second-order valence-electron chi connectivity index (χ2n) is 10.5. The number of ether oxygens (including phenoxy) is 1. The number of nitrogens with one attached hydrogen (secondary N) is 2. The molecule has 0 unspecified atom stereocenters. The highest BCUT2D eigenvalue weighted by molar-refractivity contribution is 6.36. The van der Waals surface area contributed by atoms with Crippen molar-refractivity contribution < 1.29 is 9.53 Å². The molecular formula is C31H25Cl3N4O2. The molecule has 0 saturated heterocycles. The molecule has 40 heavy (non-hydrogen) atoms. The minimum absolute atomic E-state index is 0.0970. The molecule has 0 spiro atoms. The zero-order chi connectivity index (χ0) is 28.0. The first kappa shape index (κ1) is 26.6. The van der Waals surface area contributed by atoms with E-state index in [-0.39, 0.29) is 18.4 Å². The number of aromatic nitrogens is 3. The van der Waals surface area contributed by atoms with Crippen LogP contribution in [0.3, 0.4) is 0 Å². The fourth-order valence-corrected chi connectivity index (χ4v) is 5.84. The highest BCUT2D eigenvalue weighted by Crippen LogP contribution is 2.45. The van der Waals surface area contributed by atoms with Crippen LogP contribution in [0.15, 0.2) is 72.9 Å². The van der Waals surface area contributed by atoms with Crippen LogP contribution in [0.25, 0.3) is 33.3 Å². The van der Waals surface area contributed by atoms with Gasteiger partial charge in [0.05, 0.1) is 34.9 Å². The quantitative estimate of drug-likeness (QED) is 0.216. The van der Waals surface area contributed by atoms with E-state index in [0.717, 1.165) is 38.7 Å². The van der Waals surface area contributed by atoms with Crippen molar-refractivity contribution in [2.45, 2.75) is 38.3 Å². The minimum atomic E-state index is -0.564. The van der Waals surface area contributed by atoms with Gasteiger partial charge < -0.3 is 10.1 Å². The molecule has 9 heteroatoms. The average Bonchev–Trinajstić information content (AvgIpc) is 3.38. The summed E-state index contributed by atoms with van der Waals surface area (Å²) in [5, 5.41) is 12.9. The first-order chi connectivity index (χ1) is 19.2. The van der Waals surface area contributed by atoms with Gasteiger partial charge in [-0.15, -0.1) is 0 Å². The molecule has 6 rings (SSSR count). The number of halogens is 3. The molecule has 0 bridgehead atoms. The van der Waals surface area contributed by atoms with Crippen LogP contribution < -0.4 is 10.1 Å². The molecule has 1 aliphatic heterocycles. The summed E-state index contributed by atoms with van der Waals surface area (Å²) in [5.41, 5.74) is 5.15. The van der Waals surface area contributed by atoms with Crippen LogP contribution in [-0.4, -0.2) is 26.7 Å². The molecule has 1 aliphatic rings. The number of hydrogen-bond acceptors (Lipinski definition) is 4. The summed E-state index contributed by atoms with van der Waals surface area (Å²) < 4.78 is 6.37. The number of H-pyrrole nitrogens is 1. The van der Waals surface area contributed by atoms with Crippen LogP contribution in [0, 0.1) is 0 Å². The number of aromatic amines is 1. The van der Waals surface area contributed by atoms with Crippen molar-refractivity contribution in [1.29, 1.82) is 0 Å². The third kappa shape index (κ3) is 5.27. The molecule has 2 aromatic heterocycles. The molecule has 0 fully saturated rings. The Labute approximate surface area is 246 Å². The number of benzene rings is 3. The maximum absolute atomic E-state index is 13.4. The van der Waals surface area contributed by atoms with Gasteiger partial charge in [0, 0.05) is 38.5 Å². The first-order valence-corrected chi connectivity index (χ1v) is 14.0. The van der Waals surface area contributed by atoms with Gasteiger partial charge in [0.15, 0.2) is 0 Å². The lowest BCUT2D eigenvalue weighted by atomic mass is 9.88. The lowest BCUT2D eigenvalue weighted by Crippen LogP contribution is -2.42. The van der Waals surface area contributed by atoms with Crippen molar-refractivity contribution in [3.63, 3.8) is 0 Å². The zero-order valence-electron chi connectivity index (χ0n) is 21.8. The molecule has 202 valence electrons. The first-order valence-electron chi connectivity index (χ1n) is 12.8. The van der Waals surface area contributed by atoms with Gasteiger partial charge >= 0.3 is 0 Å². The van der Waals surface area contributed by atoms with Crippen molar-refractivity contribution in [3.05, 3.63) is 99.1 Å². The highest BCUT2D eigenvalue weighted by Gasteiger charge is 2.37. The monoisotopic (exact) mass is 590 g/mol. The van der Waals surface area contributed by atoms with E-state index in [2.05, 4.69) is 15.5 Å². The van der Waals surface area contributed by atoms with E-state index < -0.39 is 5.60 Å². The summed E-state index contributed by atoms with van der Waals surface area (Å²) in [6, 6.07) is 20.4. The van der Waals surface area contributed by atoms with Crippen LogP contribution in [0.4, 0.5) is 0 Å². The number of fused-ring (bicyclic) bond motifs is 2.